The monoisotopic (exact) mass is 393 g/mol. The number of ether oxygens (including phenoxy) is 1. The molecule has 1 aromatic rings. The van der Waals surface area contributed by atoms with Crippen LogP contribution in [0.1, 0.15) is 71.4 Å². The Kier molecular flexibility index (Phi) is 7.37. The molecule has 156 valence electrons. The number of nitro benzene ring substituents is 1. The van der Waals surface area contributed by atoms with Crippen molar-refractivity contribution < 1.29 is 19.6 Å². The minimum Gasteiger partial charge on any atom is -0.484 e. The first-order chi connectivity index (χ1) is 13.2. The molecule has 0 saturated heterocycles. The number of hydrogen-bond acceptors (Lipinski definition) is 6. The molecule has 8 heteroatoms. The van der Waals surface area contributed by atoms with Crippen molar-refractivity contribution in [1.82, 2.24) is 5.32 Å². The number of rotatable bonds is 9. The maximum absolute atomic E-state index is 12.0. The van der Waals surface area contributed by atoms with Gasteiger partial charge in [-0.3, -0.25) is 14.9 Å². The summed E-state index contributed by atoms with van der Waals surface area (Å²) in [5.41, 5.74) is -0.394. The molecule has 2 atom stereocenters. The summed E-state index contributed by atoms with van der Waals surface area (Å²) in [4.78, 5) is 23.0. The van der Waals surface area contributed by atoms with Crippen LogP contribution >= 0.6 is 0 Å². The third-order valence-corrected chi connectivity index (χ3v) is 4.96. The predicted molar refractivity (Wildman–Crippen MR) is 108 cm³/mol. The lowest BCUT2D eigenvalue weighted by atomic mass is 9.86. The Bertz CT molecular complexity index is 720. The normalized spacial score (nSPS) is 20.2. The lowest BCUT2D eigenvalue weighted by Gasteiger charge is -2.42. The average Bonchev–Trinajstić information content (AvgIpc) is 2.61. The van der Waals surface area contributed by atoms with Gasteiger partial charge in [0.05, 0.1) is 17.0 Å². The van der Waals surface area contributed by atoms with Crippen LogP contribution < -0.4 is 15.4 Å². The Morgan fingerprint density at radius 3 is 2.61 bits per heavy atom. The van der Waals surface area contributed by atoms with E-state index in [1.807, 2.05) is 6.92 Å². The number of carbonyl (C=O) groups is 1. The molecule has 2 rings (SSSR count). The van der Waals surface area contributed by atoms with Crippen molar-refractivity contribution in [2.75, 3.05) is 11.9 Å². The Hall–Kier alpha value is -2.19. The average molecular weight is 393 g/mol. The number of anilines is 1. The molecule has 0 spiro atoms. The summed E-state index contributed by atoms with van der Waals surface area (Å²) in [7, 11) is 0. The molecule has 1 heterocycles. The van der Waals surface area contributed by atoms with Gasteiger partial charge in [0.15, 0.2) is 0 Å². The summed E-state index contributed by atoms with van der Waals surface area (Å²) < 4.78 is 5.88. The second kappa shape index (κ2) is 9.34. The molecular weight excluding hydrogens is 362 g/mol. The van der Waals surface area contributed by atoms with Crippen LogP contribution in [0.5, 0.6) is 5.75 Å². The zero-order valence-electron chi connectivity index (χ0n) is 17.1. The van der Waals surface area contributed by atoms with E-state index in [0.717, 1.165) is 19.3 Å². The van der Waals surface area contributed by atoms with Gasteiger partial charge < -0.3 is 20.5 Å². The Morgan fingerprint density at radius 1 is 1.29 bits per heavy atom. The SMILES string of the molecule is CCCCCNC1c2cc(NC(=O)CCC)c([N+](=O)[O-])cc2OC(C)(C)C1O. The number of amides is 1. The van der Waals surface area contributed by atoms with Crippen LogP contribution in [0.3, 0.4) is 0 Å². The number of benzene rings is 1. The van der Waals surface area contributed by atoms with Crippen molar-refractivity contribution in [3.63, 3.8) is 0 Å². The summed E-state index contributed by atoms with van der Waals surface area (Å²) in [6.45, 7) is 8.20. The van der Waals surface area contributed by atoms with Crippen LogP contribution in [0, 0.1) is 10.1 Å². The van der Waals surface area contributed by atoms with Crippen molar-refractivity contribution in [3.8, 4) is 5.75 Å². The molecule has 0 radical (unpaired) electrons. The van der Waals surface area contributed by atoms with Gasteiger partial charge in [-0.05, 0) is 39.3 Å². The smallest absolute Gasteiger partial charge is 0.296 e. The molecule has 0 aromatic heterocycles. The summed E-state index contributed by atoms with van der Waals surface area (Å²) in [5.74, 6) is 0.0686. The fourth-order valence-corrected chi connectivity index (χ4v) is 3.38. The molecule has 1 aliphatic heterocycles. The molecule has 28 heavy (non-hydrogen) atoms. The van der Waals surface area contributed by atoms with E-state index in [2.05, 4.69) is 17.6 Å². The number of nitrogens with one attached hydrogen (secondary N) is 2. The van der Waals surface area contributed by atoms with Gasteiger partial charge in [-0.15, -0.1) is 0 Å². The fourth-order valence-electron chi connectivity index (χ4n) is 3.38. The van der Waals surface area contributed by atoms with Gasteiger partial charge >= 0.3 is 0 Å². The zero-order chi connectivity index (χ0) is 20.9. The van der Waals surface area contributed by atoms with Crippen LogP contribution in [-0.2, 0) is 4.79 Å². The Labute approximate surface area is 165 Å². The highest BCUT2D eigenvalue weighted by Crippen LogP contribution is 2.44. The van der Waals surface area contributed by atoms with E-state index in [1.165, 1.54) is 6.07 Å². The van der Waals surface area contributed by atoms with Crippen LogP contribution in [0.2, 0.25) is 0 Å². The van der Waals surface area contributed by atoms with Gasteiger partial charge in [-0.1, -0.05) is 26.7 Å². The summed E-state index contributed by atoms with van der Waals surface area (Å²) in [6, 6.07) is 2.45. The summed E-state index contributed by atoms with van der Waals surface area (Å²) >= 11 is 0. The topological polar surface area (TPSA) is 114 Å². The van der Waals surface area contributed by atoms with Crippen LogP contribution in [-0.4, -0.2) is 34.2 Å². The van der Waals surface area contributed by atoms with Crippen molar-refractivity contribution in [3.05, 3.63) is 27.8 Å². The van der Waals surface area contributed by atoms with E-state index in [0.29, 0.717) is 24.3 Å². The van der Waals surface area contributed by atoms with E-state index in [4.69, 9.17) is 4.74 Å². The lowest BCUT2D eigenvalue weighted by Crippen LogP contribution is -2.52. The predicted octanol–water partition coefficient (Wildman–Crippen LogP) is 3.69. The highest BCUT2D eigenvalue weighted by atomic mass is 16.6. The summed E-state index contributed by atoms with van der Waals surface area (Å²) in [6.07, 6.45) is 3.19. The Balaban J connectivity index is 2.43. The third-order valence-electron chi connectivity index (χ3n) is 4.96. The van der Waals surface area contributed by atoms with Gasteiger partial charge in [-0.2, -0.15) is 0 Å². The first kappa shape index (κ1) is 22.1. The number of aliphatic hydroxyl groups is 1. The summed E-state index contributed by atoms with van der Waals surface area (Å²) in [5, 5.41) is 28.3. The lowest BCUT2D eigenvalue weighted by molar-refractivity contribution is -0.384. The van der Waals surface area contributed by atoms with Crippen LogP contribution in [0.25, 0.3) is 0 Å². The number of fused-ring (bicyclic) bond motifs is 1. The van der Waals surface area contributed by atoms with Gasteiger partial charge in [0, 0.05) is 12.0 Å². The molecule has 0 aliphatic carbocycles. The van der Waals surface area contributed by atoms with Gasteiger partial charge in [0.25, 0.3) is 5.69 Å². The molecule has 0 fully saturated rings. The van der Waals surface area contributed by atoms with Crippen molar-refractivity contribution in [1.29, 1.82) is 0 Å². The molecule has 2 unspecified atom stereocenters. The van der Waals surface area contributed by atoms with Crippen LogP contribution in [0.15, 0.2) is 12.1 Å². The molecular formula is C20H31N3O5. The quantitative estimate of drug-likeness (QED) is 0.335. The number of nitrogens with zero attached hydrogens (tertiary/aromatic N) is 1. The molecule has 0 saturated carbocycles. The number of carbonyl (C=O) groups excluding carboxylic acids is 1. The second-order valence-corrected chi connectivity index (χ2v) is 7.75. The molecule has 1 aliphatic rings. The molecule has 3 N–H and O–H groups in total. The minimum atomic E-state index is -0.906. The third kappa shape index (κ3) is 4.99. The van der Waals surface area contributed by atoms with Gasteiger partial charge in [0.1, 0.15) is 23.1 Å². The van der Waals surface area contributed by atoms with E-state index in [1.54, 1.807) is 19.9 Å². The molecule has 0 bridgehead atoms. The first-order valence-corrected chi connectivity index (χ1v) is 9.93. The molecule has 1 amide bonds. The Morgan fingerprint density at radius 2 is 2.00 bits per heavy atom. The van der Waals surface area contributed by atoms with Crippen molar-refractivity contribution in [2.45, 2.75) is 77.5 Å². The van der Waals surface area contributed by atoms with Crippen LogP contribution in [0.4, 0.5) is 11.4 Å². The van der Waals surface area contributed by atoms with E-state index >= 15 is 0 Å². The minimum absolute atomic E-state index is 0.123. The van der Waals surface area contributed by atoms with Gasteiger partial charge in [-0.25, -0.2) is 0 Å². The maximum Gasteiger partial charge on any atom is 0.296 e. The van der Waals surface area contributed by atoms with E-state index < -0.39 is 22.7 Å². The van der Waals surface area contributed by atoms with E-state index in [-0.39, 0.29) is 23.7 Å². The van der Waals surface area contributed by atoms with Crippen molar-refractivity contribution >= 4 is 17.3 Å². The number of nitro groups is 1. The van der Waals surface area contributed by atoms with Crippen molar-refractivity contribution in [2.24, 2.45) is 0 Å². The number of unbranched alkanes of at least 4 members (excludes halogenated alkanes) is 2. The maximum atomic E-state index is 12.0. The van der Waals surface area contributed by atoms with Gasteiger partial charge in [0.2, 0.25) is 5.91 Å². The second-order valence-electron chi connectivity index (χ2n) is 7.75. The zero-order valence-corrected chi connectivity index (χ0v) is 17.1. The number of aliphatic hydroxyl groups excluding tert-OH is 1. The largest absolute Gasteiger partial charge is 0.484 e. The molecule has 1 aromatic carbocycles. The first-order valence-electron chi connectivity index (χ1n) is 9.93. The number of hydrogen-bond donors (Lipinski definition) is 3. The highest BCUT2D eigenvalue weighted by molar-refractivity contribution is 5.93. The van der Waals surface area contributed by atoms with E-state index in [9.17, 15) is 20.0 Å². The molecule has 8 nitrogen and oxygen atoms in total. The fraction of sp³-hybridized carbons (Fsp3) is 0.650. The highest BCUT2D eigenvalue weighted by Gasteiger charge is 2.43. The standard InChI is InChI=1S/C20H31N3O5/c1-5-7-8-10-21-18-13-11-14(22-17(24)9-6-2)15(23(26)27)12-16(13)28-20(3,4)19(18)25/h11-12,18-19,21,25H,5-10H2,1-4H3,(H,22,24).